The van der Waals surface area contributed by atoms with Crippen molar-refractivity contribution >= 4 is 44.0 Å². The number of amides is 4. The second-order valence-corrected chi connectivity index (χ2v) is 18.9. The van der Waals surface area contributed by atoms with Crippen LogP contribution >= 0.6 is 0 Å². The fourth-order valence-corrected chi connectivity index (χ4v) is 8.19. The Morgan fingerprint density at radius 2 is 1.17 bits per heavy atom. The Labute approximate surface area is 285 Å². The largest absolute Gasteiger partial charge is 0.444 e. The van der Waals surface area contributed by atoms with Gasteiger partial charge in [-0.1, -0.05) is 44.3 Å². The molecule has 0 aromatic rings. The van der Waals surface area contributed by atoms with Gasteiger partial charge in [0.25, 0.3) is 11.8 Å². The molecule has 0 spiro atoms. The van der Waals surface area contributed by atoms with Crippen LogP contribution in [-0.4, -0.2) is 74.6 Å². The van der Waals surface area contributed by atoms with Crippen LogP contribution in [0.15, 0.2) is 12.2 Å². The standard InChI is InChI=1S/C16H28N2O5S.C16H26N2O5S/c2*1-15(2,3)23-14(20)17-16-11-12(16)9-7-5-4-6-8-10-24(21,22)18-13(16)19/h12H,4-11H2,1-3H3,(H,17,20)(H,18,19);7,9,12H,4-6,8,10-11H2,1-3H3,(H,17,20)(H,18,19)/b;9-7-/t2*12?,16-/m11/s1. The topological polar surface area (TPSA) is 203 Å². The highest BCUT2D eigenvalue weighted by Crippen LogP contribution is 2.48. The van der Waals surface area contributed by atoms with E-state index in [0.29, 0.717) is 25.7 Å². The third kappa shape index (κ3) is 12.2. The maximum absolute atomic E-state index is 12.5. The number of allylic oxidation sites excluding steroid dienone is 1. The van der Waals surface area contributed by atoms with Gasteiger partial charge in [-0.05, 0) is 92.4 Å². The molecule has 274 valence electrons. The molecule has 2 heterocycles. The molecule has 2 unspecified atom stereocenters. The van der Waals surface area contributed by atoms with Crippen LogP contribution in [0.5, 0.6) is 0 Å². The molecule has 0 bridgehead atoms. The summed E-state index contributed by atoms with van der Waals surface area (Å²) < 4.78 is 62.8. The van der Waals surface area contributed by atoms with Gasteiger partial charge in [-0.3, -0.25) is 19.0 Å². The predicted molar refractivity (Wildman–Crippen MR) is 180 cm³/mol. The Morgan fingerprint density at radius 1 is 0.708 bits per heavy atom. The highest BCUT2D eigenvalue weighted by atomic mass is 32.2. The van der Waals surface area contributed by atoms with Crippen molar-refractivity contribution < 1.29 is 45.5 Å². The van der Waals surface area contributed by atoms with Crippen molar-refractivity contribution in [3.8, 4) is 0 Å². The highest BCUT2D eigenvalue weighted by Gasteiger charge is 2.62. The highest BCUT2D eigenvalue weighted by molar-refractivity contribution is 7.90. The van der Waals surface area contributed by atoms with E-state index in [1.54, 1.807) is 41.5 Å². The molecular weight excluding hydrogens is 665 g/mol. The monoisotopic (exact) mass is 718 g/mol. The number of carbonyl (C=O) groups excluding carboxylic acids is 4. The minimum Gasteiger partial charge on any atom is -0.444 e. The summed E-state index contributed by atoms with van der Waals surface area (Å²) in [6.45, 7) is 10.4. The quantitative estimate of drug-likeness (QED) is 0.303. The molecule has 4 N–H and O–H groups in total. The number of alkyl carbamates (subject to hydrolysis) is 2. The first-order chi connectivity index (χ1) is 22.1. The lowest BCUT2D eigenvalue weighted by molar-refractivity contribution is -0.123. The normalized spacial score (nSPS) is 31.1. The van der Waals surface area contributed by atoms with E-state index < -0.39 is 66.3 Å². The number of hydrogen-bond acceptors (Lipinski definition) is 10. The van der Waals surface area contributed by atoms with E-state index in [0.717, 1.165) is 51.4 Å². The fourth-order valence-electron chi connectivity index (χ4n) is 5.89. The number of rotatable bonds is 2. The van der Waals surface area contributed by atoms with Gasteiger partial charge in [0, 0.05) is 5.92 Å². The molecule has 4 rings (SSSR count). The van der Waals surface area contributed by atoms with Gasteiger partial charge in [0.05, 0.1) is 11.5 Å². The summed E-state index contributed by atoms with van der Waals surface area (Å²) in [6.07, 6.45) is 11.5. The summed E-state index contributed by atoms with van der Waals surface area (Å²) in [5.74, 6) is -1.75. The van der Waals surface area contributed by atoms with Gasteiger partial charge in [0.2, 0.25) is 20.0 Å². The molecule has 4 amide bonds. The van der Waals surface area contributed by atoms with Crippen molar-refractivity contribution in [1.82, 2.24) is 20.1 Å². The summed E-state index contributed by atoms with van der Waals surface area (Å²) in [4.78, 5) is 49.2. The number of hydrogen-bond donors (Lipinski definition) is 4. The summed E-state index contributed by atoms with van der Waals surface area (Å²) in [5, 5.41) is 5.20. The van der Waals surface area contributed by atoms with Gasteiger partial charge in [0.15, 0.2) is 0 Å². The minimum absolute atomic E-state index is 0.0420. The van der Waals surface area contributed by atoms with Crippen molar-refractivity contribution in [2.75, 3.05) is 11.5 Å². The SMILES string of the molecule is CC(C)(C)OC(=O)N[C@]12CC1/C=C\CCCCCS(=O)(=O)NC2=O.CC(C)(C)OC(=O)N[C@]12CC1CCCCCCCS(=O)(=O)NC2=O. The van der Waals surface area contributed by atoms with E-state index in [2.05, 4.69) is 20.1 Å². The molecule has 3 fully saturated rings. The third-order valence-corrected chi connectivity index (χ3v) is 11.1. The number of fused-ring (bicyclic) bond motifs is 2. The first kappa shape index (κ1) is 39.6. The van der Waals surface area contributed by atoms with E-state index in [9.17, 15) is 36.0 Å². The lowest BCUT2D eigenvalue weighted by Crippen LogP contribution is -2.53. The maximum Gasteiger partial charge on any atom is 0.408 e. The van der Waals surface area contributed by atoms with Crippen LogP contribution in [0.2, 0.25) is 0 Å². The van der Waals surface area contributed by atoms with E-state index in [4.69, 9.17) is 9.47 Å². The van der Waals surface area contributed by atoms with Crippen LogP contribution in [0, 0.1) is 11.8 Å². The molecule has 48 heavy (non-hydrogen) atoms. The summed E-state index contributed by atoms with van der Waals surface area (Å²) >= 11 is 0. The van der Waals surface area contributed by atoms with Crippen molar-refractivity contribution in [3.05, 3.63) is 12.2 Å². The molecule has 0 aromatic carbocycles. The van der Waals surface area contributed by atoms with Gasteiger partial charge in [-0.15, -0.1) is 0 Å². The molecule has 0 aromatic heterocycles. The van der Waals surface area contributed by atoms with E-state index in [-0.39, 0.29) is 23.3 Å². The summed E-state index contributed by atoms with van der Waals surface area (Å²) in [7, 11) is -7.36. The van der Waals surface area contributed by atoms with Crippen LogP contribution in [0.4, 0.5) is 9.59 Å². The number of nitrogens with one attached hydrogen (secondary N) is 4. The van der Waals surface area contributed by atoms with Crippen molar-refractivity contribution in [1.29, 1.82) is 0 Å². The average Bonchev–Trinajstić information content (AvgIpc) is 3.79. The average molecular weight is 719 g/mol. The smallest absolute Gasteiger partial charge is 0.408 e. The van der Waals surface area contributed by atoms with Crippen LogP contribution < -0.4 is 20.1 Å². The summed E-state index contributed by atoms with van der Waals surface area (Å²) in [5.41, 5.74) is -3.78. The lowest BCUT2D eigenvalue weighted by Gasteiger charge is -2.24. The molecule has 2 saturated carbocycles. The maximum atomic E-state index is 12.5. The molecule has 0 radical (unpaired) electrons. The van der Waals surface area contributed by atoms with Crippen molar-refractivity contribution in [2.24, 2.45) is 11.8 Å². The van der Waals surface area contributed by atoms with Crippen LogP contribution in [-0.2, 0) is 39.1 Å². The number of ether oxygens (including phenoxy) is 2. The molecular formula is C32H54N4O10S2. The molecule has 1 saturated heterocycles. The third-order valence-electron chi connectivity index (χ3n) is 8.49. The number of sulfonamides is 2. The molecule has 2 aliphatic carbocycles. The first-order valence-corrected chi connectivity index (χ1v) is 20.2. The Kier molecular flexibility index (Phi) is 12.6. The zero-order valence-corrected chi connectivity index (χ0v) is 30.7. The van der Waals surface area contributed by atoms with E-state index in [1.807, 2.05) is 12.2 Å². The zero-order valence-electron chi connectivity index (χ0n) is 29.1. The van der Waals surface area contributed by atoms with E-state index in [1.165, 1.54) is 0 Å². The fraction of sp³-hybridized carbons (Fsp3) is 0.812. The number of carbonyl (C=O) groups is 4. The van der Waals surface area contributed by atoms with Gasteiger partial charge in [-0.25, -0.2) is 26.4 Å². The Hall–Kier alpha value is -2.88. The Morgan fingerprint density at radius 3 is 1.71 bits per heavy atom. The predicted octanol–water partition coefficient (Wildman–Crippen LogP) is 3.92. The zero-order chi connectivity index (χ0) is 36.0. The second-order valence-electron chi connectivity index (χ2n) is 15.2. The van der Waals surface area contributed by atoms with Gasteiger partial charge < -0.3 is 20.1 Å². The molecule has 16 heteroatoms. The molecule has 4 atom stereocenters. The molecule has 14 nitrogen and oxygen atoms in total. The first-order valence-electron chi connectivity index (χ1n) is 16.9. The molecule has 2 aliphatic heterocycles. The van der Waals surface area contributed by atoms with Gasteiger partial charge in [0.1, 0.15) is 22.3 Å². The summed E-state index contributed by atoms with van der Waals surface area (Å²) in [6, 6.07) is 0. The Bertz CT molecular complexity index is 1450. The van der Waals surface area contributed by atoms with Crippen molar-refractivity contribution in [2.45, 2.75) is 141 Å². The Balaban J connectivity index is 0.000000260. The molecule has 4 aliphatic rings. The minimum atomic E-state index is -3.69. The van der Waals surface area contributed by atoms with Crippen molar-refractivity contribution in [3.63, 3.8) is 0 Å². The lowest BCUT2D eigenvalue weighted by atomic mass is 10.1. The van der Waals surface area contributed by atoms with Crippen LogP contribution in [0.3, 0.4) is 0 Å². The van der Waals surface area contributed by atoms with E-state index >= 15 is 0 Å². The van der Waals surface area contributed by atoms with Crippen LogP contribution in [0.1, 0.15) is 119 Å². The second kappa shape index (κ2) is 15.3. The van der Waals surface area contributed by atoms with Gasteiger partial charge >= 0.3 is 12.2 Å². The van der Waals surface area contributed by atoms with Crippen LogP contribution in [0.25, 0.3) is 0 Å². The van der Waals surface area contributed by atoms with Gasteiger partial charge in [-0.2, -0.15) is 0 Å².